The lowest BCUT2D eigenvalue weighted by molar-refractivity contribution is -0.0202. The summed E-state index contributed by atoms with van der Waals surface area (Å²) < 4.78 is 0. The predicted octanol–water partition coefficient (Wildman–Crippen LogP) is 1.42. The molecule has 1 saturated carbocycles. The van der Waals surface area contributed by atoms with E-state index < -0.39 is 5.60 Å². The minimum absolute atomic E-state index is 0.516. The van der Waals surface area contributed by atoms with Gasteiger partial charge in [0.15, 0.2) is 0 Å². The molecule has 15 heavy (non-hydrogen) atoms. The quantitative estimate of drug-likeness (QED) is 0.787. The van der Waals surface area contributed by atoms with Crippen LogP contribution >= 0.6 is 0 Å². The van der Waals surface area contributed by atoms with Crippen molar-refractivity contribution >= 4 is 5.82 Å². The van der Waals surface area contributed by atoms with Gasteiger partial charge in [0.1, 0.15) is 5.82 Å². The third kappa shape index (κ3) is 2.26. The van der Waals surface area contributed by atoms with E-state index in [1.54, 1.807) is 6.20 Å². The Morgan fingerprint density at radius 2 is 2.20 bits per heavy atom. The van der Waals surface area contributed by atoms with Gasteiger partial charge in [-0.25, -0.2) is 4.98 Å². The highest BCUT2D eigenvalue weighted by Gasteiger charge is 2.34. The van der Waals surface area contributed by atoms with Crippen LogP contribution < -0.4 is 5.32 Å². The molecule has 1 fully saturated rings. The number of nitrogens with zero attached hydrogens (tertiary/aromatic N) is 2. The van der Waals surface area contributed by atoms with Crippen LogP contribution in [-0.2, 0) is 0 Å². The molecule has 0 saturated heterocycles. The van der Waals surface area contributed by atoms with Crippen LogP contribution in [0.3, 0.4) is 0 Å². The first-order chi connectivity index (χ1) is 7.09. The number of hydrogen-bond donors (Lipinski definition) is 2. The Hall–Kier alpha value is -1.16. The van der Waals surface area contributed by atoms with Crippen LogP contribution in [0.15, 0.2) is 6.20 Å². The highest BCUT2D eigenvalue weighted by molar-refractivity contribution is 5.40. The van der Waals surface area contributed by atoms with Gasteiger partial charge < -0.3 is 10.4 Å². The molecule has 4 heteroatoms. The monoisotopic (exact) mass is 207 g/mol. The van der Waals surface area contributed by atoms with Gasteiger partial charge in [0, 0.05) is 12.7 Å². The molecule has 2 rings (SSSR count). The number of aliphatic hydroxyl groups is 1. The van der Waals surface area contributed by atoms with Gasteiger partial charge in [-0.3, -0.25) is 4.98 Å². The average molecular weight is 207 g/mol. The molecule has 82 valence electrons. The minimum Gasteiger partial charge on any atom is -0.388 e. The summed E-state index contributed by atoms with van der Waals surface area (Å²) in [7, 11) is 0. The zero-order valence-electron chi connectivity index (χ0n) is 9.25. The molecule has 1 heterocycles. The lowest BCUT2D eigenvalue weighted by atomic mass is 9.80. The summed E-state index contributed by atoms with van der Waals surface area (Å²) in [5, 5.41) is 13.1. The molecule has 1 aliphatic rings. The number of rotatable bonds is 3. The second kappa shape index (κ2) is 3.77. The van der Waals surface area contributed by atoms with E-state index in [9.17, 15) is 5.11 Å². The van der Waals surface area contributed by atoms with Crippen molar-refractivity contribution in [1.82, 2.24) is 9.97 Å². The molecule has 1 aromatic rings. The Kier molecular flexibility index (Phi) is 2.61. The number of nitrogens with one attached hydrogen (secondary N) is 1. The normalized spacial score (nSPS) is 18.3. The maximum Gasteiger partial charge on any atom is 0.147 e. The summed E-state index contributed by atoms with van der Waals surface area (Å²) in [5.41, 5.74) is 1.25. The Morgan fingerprint density at radius 1 is 1.47 bits per heavy atom. The van der Waals surface area contributed by atoms with Gasteiger partial charge in [-0.2, -0.15) is 0 Å². The van der Waals surface area contributed by atoms with Gasteiger partial charge in [-0.15, -0.1) is 0 Å². The maximum atomic E-state index is 9.92. The fourth-order valence-corrected chi connectivity index (χ4v) is 1.71. The van der Waals surface area contributed by atoms with E-state index in [-0.39, 0.29) is 0 Å². The van der Waals surface area contributed by atoms with Crippen molar-refractivity contribution in [2.75, 3.05) is 11.9 Å². The number of aryl methyl sites for hydroxylation is 2. The van der Waals surface area contributed by atoms with E-state index in [1.807, 2.05) is 13.8 Å². The van der Waals surface area contributed by atoms with Gasteiger partial charge in [-0.1, -0.05) is 0 Å². The van der Waals surface area contributed by atoms with E-state index in [2.05, 4.69) is 15.3 Å². The summed E-state index contributed by atoms with van der Waals surface area (Å²) >= 11 is 0. The first-order valence-electron chi connectivity index (χ1n) is 5.36. The van der Waals surface area contributed by atoms with Crippen LogP contribution in [-0.4, -0.2) is 27.2 Å². The van der Waals surface area contributed by atoms with Gasteiger partial charge >= 0.3 is 0 Å². The average Bonchev–Trinajstić information content (AvgIpc) is 2.17. The molecule has 0 unspecified atom stereocenters. The molecule has 0 radical (unpaired) electrons. The molecule has 0 aliphatic heterocycles. The standard InChI is InChI=1S/C11H17N3O/c1-8-6-12-9(2)10(14-8)13-7-11(15)4-3-5-11/h6,15H,3-5,7H2,1-2H3,(H,13,14). The van der Waals surface area contributed by atoms with Crippen molar-refractivity contribution in [2.45, 2.75) is 38.7 Å². The molecule has 0 atom stereocenters. The van der Waals surface area contributed by atoms with Crippen LogP contribution in [0.5, 0.6) is 0 Å². The van der Waals surface area contributed by atoms with Gasteiger partial charge in [0.25, 0.3) is 0 Å². The Morgan fingerprint density at radius 3 is 2.80 bits per heavy atom. The van der Waals surface area contributed by atoms with Crippen molar-refractivity contribution < 1.29 is 5.11 Å². The van der Waals surface area contributed by atoms with E-state index >= 15 is 0 Å². The van der Waals surface area contributed by atoms with E-state index in [0.717, 1.165) is 36.5 Å². The molecule has 1 aliphatic carbocycles. The zero-order chi connectivity index (χ0) is 10.9. The van der Waals surface area contributed by atoms with Crippen molar-refractivity contribution in [3.05, 3.63) is 17.6 Å². The van der Waals surface area contributed by atoms with E-state index in [1.165, 1.54) is 0 Å². The Balaban J connectivity index is 2.01. The van der Waals surface area contributed by atoms with Crippen molar-refractivity contribution in [1.29, 1.82) is 0 Å². The highest BCUT2D eigenvalue weighted by atomic mass is 16.3. The first-order valence-corrected chi connectivity index (χ1v) is 5.36. The van der Waals surface area contributed by atoms with Crippen LogP contribution in [0.2, 0.25) is 0 Å². The smallest absolute Gasteiger partial charge is 0.147 e. The zero-order valence-corrected chi connectivity index (χ0v) is 9.25. The molecule has 0 spiro atoms. The summed E-state index contributed by atoms with van der Waals surface area (Å²) in [4.78, 5) is 8.57. The Bertz CT molecular complexity index is 361. The van der Waals surface area contributed by atoms with Crippen LogP contribution in [0, 0.1) is 13.8 Å². The minimum atomic E-state index is -0.516. The van der Waals surface area contributed by atoms with Crippen LogP contribution in [0.1, 0.15) is 30.7 Å². The van der Waals surface area contributed by atoms with Crippen molar-refractivity contribution in [3.8, 4) is 0 Å². The van der Waals surface area contributed by atoms with Gasteiger partial charge in [0.2, 0.25) is 0 Å². The third-order valence-corrected chi connectivity index (χ3v) is 2.95. The molecule has 0 amide bonds. The summed E-state index contributed by atoms with van der Waals surface area (Å²) in [5.74, 6) is 0.787. The second-order valence-electron chi connectivity index (χ2n) is 4.38. The molecular weight excluding hydrogens is 190 g/mol. The van der Waals surface area contributed by atoms with E-state index in [4.69, 9.17) is 0 Å². The van der Waals surface area contributed by atoms with Crippen molar-refractivity contribution in [3.63, 3.8) is 0 Å². The van der Waals surface area contributed by atoms with Crippen LogP contribution in [0.25, 0.3) is 0 Å². The lowest BCUT2D eigenvalue weighted by Gasteiger charge is -2.36. The SMILES string of the molecule is Cc1cnc(C)c(NCC2(O)CCC2)n1. The number of anilines is 1. The van der Waals surface area contributed by atoms with Crippen molar-refractivity contribution in [2.24, 2.45) is 0 Å². The lowest BCUT2D eigenvalue weighted by Crippen LogP contribution is -2.43. The summed E-state index contributed by atoms with van der Waals surface area (Å²) in [6.45, 7) is 4.40. The number of hydrogen-bond acceptors (Lipinski definition) is 4. The number of aromatic nitrogens is 2. The van der Waals surface area contributed by atoms with Gasteiger partial charge in [-0.05, 0) is 33.1 Å². The fourth-order valence-electron chi connectivity index (χ4n) is 1.71. The molecule has 0 aromatic carbocycles. The van der Waals surface area contributed by atoms with Crippen LogP contribution in [0.4, 0.5) is 5.82 Å². The second-order valence-corrected chi connectivity index (χ2v) is 4.38. The molecule has 4 nitrogen and oxygen atoms in total. The summed E-state index contributed by atoms with van der Waals surface area (Å²) in [6, 6.07) is 0. The highest BCUT2D eigenvalue weighted by Crippen LogP contribution is 2.31. The topological polar surface area (TPSA) is 58.0 Å². The maximum absolute atomic E-state index is 9.92. The third-order valence-electron chi connectivity index (χ3n) is 2.95. The predicted molar refractivity (Wildman–Crippen MR) is 58.8 cm³/mol. The first kappa shape index (κ1) is 10.4. The summed E-state index contributed by atoms with van der Waals surface area (Å²) in [6.07, 6.45) is 4.64. The Labute approximate surface area is 89.8 Å². The molecule has 1 aromatic heterocycles. The molecule has 2 N–H and O–H groups in total. The molecule has 0 bridgehead atoms. The molecular formula is C11H17N3O. The largest absolute Gasteiger partial charge is 0.388 e. The fraction of sp³-hybridized carbons (Fsp3) is 0.636. The van der Waals surface area contributed by atoms with E-state index in [0.29, 0.717) is 6.54 Å². The van der Waals surface area contributed by atoms with Gasteiger partial charge in [0.05, 0.1) is 17.0 Å².